The second-order valence-electron chi connectivity index (χ2n) is 8.46. The molecule has 2 aliphatic rings. The van der Waals surface area contributed by atoms with E-state index in [2.05, 4.69) is 19.2 Å². The molecule has 0 spiro atoms. The molecule has 0 saturated carbocycles. The van der Waals surface area contributed by atoms with Crippen LogP contribution >= 0.6 is 0 Å². The molecule has 0 bridgehead atoms. The summed E-state index contributed by atoms with van der Waals surface area (Å²) in [4.78, 5) is 13.3. The van der Waals surface area contributed by atoms with Crippen molar-refractivity contribution in [1.82, 2.24) is 0 Å². The van der Waals surface area contributed by atoms with Crippen LogP contribution in [0.25, 0.3) is 0 Å². The molecule has 0 amide bonds. The van der Waals surface area contributed by atoms with E-state index in [4.69, 9.17) is 14.2 Å². The monoisotopic (exact) mass is 393 g/mol. The maximum absolute atomic E-state index is 13.3. The Bertz CT molecular complexity index is 989. The molecule has 1 heterocycles. The zero-order valence-electron chi connectivity index (χ0n) is 17.6. The quantitative estimate of drug-likeness (QED) is 0.800. The van der Waals surface area contributed by atoms with Crippen molar-refractivity contribution < 1.29 is 19.0 Å². The Morgan fingerprint density at radius 2 is 1.59 bits per heavy atom. The third kappa shape index (κ3) is 3.35. The number of allylic oxidation sites excluding steroid dienone is 2. The second-order valence-corrected chi connectivity index (χ2v) is 8.46. The number of ether oxygens (including phenoxy) is 3. The highest BCUT2D eigenvalue weighted by molar-refractivity contribution is 6.01. The summed E-state index contributed by atoms with van der Waals surface area (Å²) in [5.41, 5.74) is 4.82. The van der Waals surface area contributed by atoms with Crippen LogP contribution in [-0.4, -0.2) is 27.1 Å². The predicted molar refractivity (Wildman–Crippen MR) is 113 cm³/mol. The number of anilines is 1. The third-order valence-electron chi connectivity index (χ3n) is 5.81. The van der Waals surface area contributed by atoms with Crippen molar-refractivity contribution in [1.29, 1.82) is 0 Å². The molecular formula is C24H27NO4. The largest absolute Gasteiger partial charge is 0.497 e. The first-order valence-corrected chi connectivity index (χ1v) is 9.80. The summed E-state index contributed by atoms with van der Waals surface area (Å²) < 4.78 is 16.4. The number of carbonyl (C=O) groups is 1. The minimum atomic E-state index is -0.157. The van der Waals surface area contributed by atoms with Crippen molar-refractivity contribution in [3.05, 3.63) is 58.8 Å². The maximum atomic E-state index is 13.3. The number of methoxy groups -OCH3 is 3. The number of hydrogen-bond donors (Lipinski definition) is 1. The first-order valence-electron chi connectivity index (χ1n) is 9.80. The molecule has 4 rings (SSSR count). The Morgan fingerprint density at radius 1 is 0.931 bits per heavy atom. The smallest absolute Gasteiger partial charge is 0.162 e. The summed E-state index contributed by atoms with van der Waals surface area (Å²) in [6, 6.07) is 11.9. The van der Waals surface area contributed by atoms with Crippen molar-refractivity contribution in [2.75, 3.05) is 26.6 Å². The van der Waals surface area contributed by atoms with Gasteiger partial charge in [0.25, 0.3) is 0 Å². The lowest BCUT2D eigenvalue weighted by atomic mass is 9.68. The van der Waals surface area contributed by atoms with E-state index < -0.39 is 0 Å². The first kappa shape index (κ1) is 19.4. The van der Waals surface area contributed by atoms with Crippen molar-refractivity contribution in [2.24, 2.45) is 5.41 Å². The van der Waals surface area contributed by atoms with E-state index in [1.807, 2.05) is 36.4 Å². The Hall–Kier alpha value is -2.95. The molecule has 0 fully saturated rings. The van der Waals surface area contributed by atoms with E-state index >= 15 is 0 Å². The molecule has 5 nitrogen and oxygen atoms in total. The van der Waals surface area contributed by atoms with Gasteiger partial charge in [-0.3, -0.25) is 4.79 Å². The van der Waals surface area contributed by atoms with Crippen LogP contribution in [0.1, 0.15) is 43.7 Å². The average Bonchev–Trinajstić information content (AvgIpc) is 2.70. The van der Waals surface area contributed by atoms with Gasteiger partial charge in [0.05, 0.1) is 21.3 Å². The number of fused-ring (bicyclic) bond motifs is 1. The minimum absolute atomic E-state index is 0.0680. The topological polar surface area (TPSA) is 56.8 Å². The van der Waals surface area contributed by atoms with Gasteiger partial charge in [-0.05, 0) is 41.2 Å². The van der Waals surface area contributed by atoms with E-state index in [1.54, 1.807) is 21.3 Å². The summed E-state index contributed by atoms with van der Waals surface area (Å²) in [7, 11) is 4.91. The molecule has 2 aromatic rings. The van der Waals surface area contributed by atoms with Crippen molar-refractivity contribution in [3.63, 3.8) is 0 Å². The standard InChI is InChI=1S/C24H27NO4/c1-24(2)12-18-23(19(26)13-24)22(14-6-8-15(27-3)9-7-14)16-10-20(28-4)21(29-5)11-17(16)25-18/h6-11,22,25H,12-13H2,1-5H3/t22-/m0/s1. The lowest BCUT2D eigenvalue weighted by molar-refractivity contribution is -0.118. The fraction of sp³-hybridized carbons (Fsp3) is 0.375. The molecule has 152 valence electrons. The third-order valence-corrected chi connectivity index (χ3v) is 5.81. The molecule has 1 atom stereocenters. The zero-order valence-corrected chi connectivity index (χ0v) is 17.6. The number of rotatable bonds is 4. The van der Waals surface area contributed by atoms with Crippen molar-refractivity contribution in [2.45, 2.75) is 32.6 Å². The number of benzene rings is 2. The average molecular weight is 393 g/mol. The SMILES string of the molecule is COc1ccc([C@@H]2C3=C(CC(C)(C)CC3=O)Nc3cc(OC)c(OC)cc32)cc1. The van der Waals surface area contributed by atoms with Crippen LogP contribution in [0, 0.1) is 5.41 Å². The Kier molecular flexibility index (Phi) is 4.77. The molecule has 0 aromatic heterocycles. The molecule has 1 N–H and O–H groups in total. The molecule has 29 heavy (non-hydrogen) atoms. The second kappa shape index (κ2) is 7.14. The first-order chi connectivity index (χ1) is 13.9. The van der Waals surface area contributed by atoms with Crippen LogP contribution in [0.2, 0.25) is 0 Å². The number of ketones is 1. The van der Waals surface area contributed by atoms with Gasteiger partial charge in [0.15, 0.2) is 17.3 Å². The summed E-state index contributed by atoms with van der Waals surface area (Å²) >= 11 is 0. The van der Waals surface area contributed by atoms with Gasteiger partial charge >= 0.3 is 0 Å². The Labute approximate surface area is 171 Å². The molecule has 0 saturated heterocycles. The Morgan fingerprint density at radius 3 is 2.21 bits per heavy atom. The van der Waals surface area contributed by atoms with Crippen LogP contribution in [0.15, 0.2) is 47.7 Å². The molecule has 5 heteroatoms. The van der Waals surface area contributed by atoms with Gasteiger partial charge in [-0.2, -0.15) is 0 Å². The van der Waals surface area contributed by atoms with Crippen LogP contribution in [-0.2, 0) is 4.79 Å². The maximum Gasteiger partial charge on any atom is 0.162 e. The normalized spacial score (nSPS) is 19.8. The summed E-state index contributed by atoms with van der Waals surface area (Å²) in [6.07, 6.45) is 1.37. The molecule has 0 unspecified atom stereocenters. The fourth-order valence-electron chi connectivity index (χ4n) is 4.48. The van der Waals surface area contributed by atoms with Gasteiger partial charge in [0.2, 0.25) is 0 Å². The van der Waals surface area contributed by atoms with E-state index in [-0.39, 0.29) is 17.1 Å². The highest BCUT2D eigenvalue weighted by Crippen LogP contribution is 2.51. The summed E-state index contributed by atoms with van der Waals surface area (Å²) in [6.45, 7) is 4.28. The van der Waals surface area contributed by atoms with Gasteiger partial charge in [-0.25, -0.2) is 0 Å². The minimum Gasteiger partial charge on any atom is -0.497 e. The van der Waals surface area contributed by atoms with Crippen LogP contribution in [0.3, 0.4) is 0 Å². The number of Topliss-reactive ketones (excluding diaryl/α,β-unsaturated/α-hetero) is 1. The van der Waals surface area contributed by atoms with Crippen molar-refractivity contribution in [3.8, 4) is 17.2 Å². The van der Waals surface area contributed by atoms with Gasteiger partial charge in [-0.15, -0.1) is 0 Å². The van der Waals surface area contributed by atoms with E-state index in [0.29, 0.717) is 17.9 Å². The highest BCUT2D eigenvalue weighted by Gasteiger charge is 2.41. The van der Waals surface area contributed by atoms with E-state index in [1.165, 1.54) is 0 Å². The van der Waals surface area contributed by atoms with Crippen LogP contribution in [0.5, 0.6) is 17.2 Å². The van der Waals surface area contributed by atoms with Gasteiger partial charge in [0.1, 0.15) is 5.75 Å². The number of hydrogen-bond acceptors (Lipinski definition) is 5. The fourth-order valence-corrected chi connectivity index (χ4v) is 4.48. The predicted octanol–water partition coefficient (Wildman–Crippen LogP) is 4.91. The van der Waals surface area contributed by atoms with Gasteiger partial charge in [-0.1, -0.05) is 26.0 Å². The van der Waals surface area contributed by atoms with Crippen LogP contribution < -0.4 is 19.5 Å². The lowest BCUT2D eigenvalue weighted by Gasteiger charge is -2.39. The van der Waals surface area contributed by atoms with Crippen molar-refractivity contribution >= 4 is 11.5 Å². The molecule has 0 radical (unpaired) electrons. The van der Waals surface area contributed by atoms with E-state index in [9.17, 15) is 4.79 Å². The molecule has 1 aliphatic heterocycles. The molecule has 2 aromatic carbocycles. The summed E-state index contributed by atoms with van der Waals surface area (Å²) in [5.74, 6) is 2.15. The Balaban J connectivity index is 1.93. The number of carbonyl (C=O) groups excluding carboxylic acids is 1. The summed E-state index contributed by atoms with van der Waals surface area (Å²) in [5, 5.41) is 3.53. The molecule has 1 aliphatic carbocycles. The molecular weight excluding hydrogens is 366 g/mol. The van der Waals surface area contributed by atoms with Gasteiger partial charge < -0.3 is 19.5 Å². The van der Waals surface area contributed by atoms with Gasteiger partial charge in [0, 0.05) is 35.4 Å². The zero-order chi connectivity index (χ0) is 20.8. The van der Waals surface area contributed by atoms with E-state index in [0.717, 1.165) is 40.3 Å². The highest BCUT2D eigenvalue weighted by atomic mass is 16.5. The number of nitrogens with one attached hydrogen (secondary N) is 1. The lowest BCUT2D eigenvalue weighted by Crippen LogP contribution is -2.33. The van der Waals surface area contributed by atoms with Crippen LogP contribution in [0.4, 0.5) is 5.69 Å².